The molecule has 0 saturated heterocycles. The summed E-state index contributed by atoms with van der Waals surface area (Å²) >= 11 is 5.08. The fourth-order valence-corrected chi connectivity index (χ4v) is 4.52. The Morgan fingerprint density at radius 1 is 1.46 bits per heavy atom. The first-order chi connectivity index (χ1) is 13.3. The van der Waals surface area contributed by atoms with E-state index in [1.807, 2.05) is 26.1 Å². The van der Waals surface area contributed by atoms with Gasteiger partial charge < -0.3 is 9.68 Å². The van der Waals surface area contributed by atoms with Crippen LogP contribution >= 0.6 is 27.3 Å². The van der Waals surface area contributed by atoms with Gasteiger partial charge in [0, 0.05) is 24.0 Å². The van der Waals surface area contributed by atoms with Crippen LogP contribution in [0, 0.1) is 24.1 Å². The van der Waals surface area contributed by atoms with E-state index >= 15 is 0 Å². The molecule has 4 rings (SSSR count). The van der Waals surface area contributed by atoms with E-state index in [1.165, 1.54) is 12.1 Å². The van der Waals surface area contributed by atoms with Gasteiger partial charge in [-0.25, -0.2) is 9.37 Å². The first-order valence-corrected chi connectivity index (χ1v) is 10.1. The number of halogens is 2. The highest BCUT2D eigenvalue weighted by Crippen LogP contribution is 2.26. The zero-order valence-corrected chi connectivity index (χ0v) is 17.9. The number of aryl methyl sites for hydroxylation is 2. The van der Waals surface area contributed by atoms with E-state index in [2.05, 4.69) is 26.0 Å². The van der Waals surface area contributed by atoms with Crippen LogP contribution in [0.25, 0.3) is 0 Å². The second-order valence-electron chi connectivity index (χ2n) is 6.28. The topological polar surface area (TPSA) is 84.0 Å². The van der Waals surface area contributed by atoms with Crippen LogP contribution in [0.5, 0.6) is 0 Å². The molecule has 0 fully saturated rings. The lowest BCUT2D eigenvalue weighted by Crippen LogP contribution is -2.27. The lowest BCUT2D eigenvalue weighted by molar-refractivity contribution is 0.208. The molecule has 1 N–H and O–H groups in total. The number of hydrogen-bond donors (Lipinski definition) is 1. The predicted molar refractivity (Wildman–Crippen MR) is 109 cm³/mol. The van der Waals surface area contributed by atoms with E-state index in [0.29, 0.717) is 11.2 Å². The smallest absolute Gasteiger partial charge is 0.423 e. The van der Waals surface area contributed by atoms with Crippen molar-refractivity contribution in [2.45, 2.75) is 26.4 Å². The van der Waals surface area contributed by atoms with Gasteiger partial charge in [0.1, 0.15) is 16.5 Å². The van der Waals surface area contributed by atoms with Crippen molar-refractivity contribution in [1.82, 2.24) is 14.8 Å². The molecule has 1 aromatic carbocycles. The Labute approximate surface area is 174 Å². The molecule has 1 atom stereocenters. The summed E-state index contributed by atoms with van der Waals surface area (Å²) < 4.78 is 20.4. The number of rotatable bonds is 2. The van der Waals surface area contributed by atoms with Gasteiger partial charge in [0.2, 0.25) is 0 Å². The SMILES string of the molecule is C[C@H]1OB(O)c2ccc(F)cc21.Cc1nc(Br)c(Cc2cc(C#N)nn2C)s1. The van der Waals surface area contributed by atoms with Crippen LogP contribution in [0.2, 0.25) is 0 Å². The van der Waals surface area contributed by atoms with Crippen molar-refractivity contribution in [3.63, 3.8) is 0 Å². The number of aromatic nitrogens is 3. The maximum absolute atomic E-state index is 12.7. The van der Waals surface area contributed by atoms with Gasteiger partial charge in [0.25, 0.3) is 0 Å². The second-order valence-corrected chi connectivity index (χ2v) is 8.32. The number of fused-ring (bicyclic) bond motifs is 1. The molecule has 3 aromatic rings. The van der Waals surface area contributed by atoms with Gasteiger partial charge in [-0.2, -0.15) is 10.4 Å². The Hall–Kier alpha value is -2.06. The molecule has 0 unspecified atom stereocenters. The molecule has 0 aliphatic carbocycles. The molecule has 6 nitrogen and oxygen atoms in total. The molecule has 1 aliphatic heterocycles. The molecule has 28 heavy (non-hydrogen) atoms. The number of benzene rings is 1. The quantitative estimate of drug-likeness (QED) is 0.591. The van der Waals surface area contributed by atoms with Gasteiger partial charge in [0.15, 0.2) is 5.69 Å². The van der Waals surface area contributed by atoms with Gasteiger partial charge in [0.05, 0.1) is 11.1 Å². The summed E-state index contributed by atoms with van der Waals surface area (Å²) in [6.45, 7) is 3.76. The minimum Gasteiger partial charge on any atom is -0.423 e. The Kier molecular flexibility index (Phi) is 6.30. The third-order valence-electron chi connectivity index (χ3n) is 4.28. The van der Waals surface area contributed by atoms with E-state index in [9.17, 15) is 9.41 Å². The van der Waals surface area contributed by atoms with Crippen molar-refractivity contribution in [2.24, 2.45) is 7.05 Å². The highest BCUT2D eigenvalue weighted by atomic mass is 79.9. The standard InChI is InChI=1S/C10H9BrN4S.C8H8BFO2/c1-6-13-10(11)9(16-6)4-8-3-7(5-12)14-15(8)2;1-5-7-4-6(10)2-3-8(7)9(11)12-5/h3H,4H2,1-2H3;2-5,11H,1H3/t;5-/m.1/s1. The third kappa shape index (κ3) is 4.50. The average molecular weight is 463 g/mol. The van der Waals surface area contributed by atoms with Gasteiger partial charge in [-0.3, -0.25) is 4.68 Å². The van der Waals surface area contributed by atoms with Crippen LogP contribution in [0.4, 0.5) is 4.39 Å². The van der Waals surface area contributed by atoms with E-state index in [1.54, 1.807) is 29.0 Å². The molecule has 10 heteroatoms. The molecule has 0 bridgehead atoms. The highest BCUT2D eigenvalue weighted by Gasteiger charge is 2.32. The summed E-state index contributed by atoms with van der Waals surface area (Å²) in [6, 6.07) is 8.12. The van der Waals surface area contributed by atoms with Crippen LogP contribution in [0.15, 0.2) is 28.9 Å². The summed E-state index contributed by atoms with van der Waals surface area (Å²) in [5.41, 5.74) is 2.88. The second kappa shape index (κ2) is 8.53. The first kappa shape index (κ1) is 20.7. The first-order valence-electron chi connectivity index (χ1n) is 8.46. The minimum absolute atomic E-state index is 0.217. The third-order valence-corrected chi connectivity index (χ3v) is 6.16. The van der Waals surface area contributed by atoms with Gasteiger partial charge >= 0.3 is 7.12 Å². The number of nitriles is 1. The number of thiazole rings is 1. The van der Waals surface area contributed by atoms with Crippen LogP contribution in [0.1, 0.15) is 39.9 Å². The Morgan fingerprint density at radius 3 is 2.82 bits per heavy atom. The number of hydrogen-bond acceptors (Lipinski definition) is 6. The highest BCUT2D eigenvalue weighted by molar-refractivity contribution is 9.10. The van der Waals surface area contributed by atoms with Crippen LogP contribution < -0.4 is 5.46 Å². The largest absolute Gasteiger partial charge is 0.491 e. The van der Waals surface area contributed by atoms with Gasteiger partial charge in [-0.1, -0.05) is 6.07 Å². The van der Waals surface area contributed by atoms with E-state index in [0.717, 1.165) is 32.2 Å². The monoisotopic (exact) mass is 462 g/mol. The zero-order valence-electron chi connectivity index (χ0n) is 15.5. The fraction of sp³-hybridized carbons (Fsp3) is 0.278. The van der Waals surface area contributed by atoms with E-state index in [4.69, 9.17) is 9.92 Å². The maximum atomic E-state index is 12.7. The summed E-state index contributed by atoms with van der Waals surface area (Å²) in [4.78, 5) is 5.46. The zero-order chi connectivity index (χ0) is 20.4. The van der Waals surface area contributed by atoms with Crippen LogP contribution in [0.3, 0.4) is 0 Å². The molecular formula is C18H17BBrFN4O2S. The maximum Gasteiger partial charge on any atom is 0.491 e. The summed E-state index contributed by atoms with van der Waals surface area (Å²) in [6.07, 6.45) is 0.530. The normalized spacial score (nSPS) is 15.0. The average Bonchev–Trinajstić information content (AvgIpc) is 3.25. The molecule has 144 valence electrons. The fourth-order valence-electron chi connectivity index (χ4n) is 2.91. The van der Waals surface area contributed by atoms with Crippen molar-refractivity contribution in [3.8, 4) is 6.07 Å². The molecule has 1 aliphatic rings. The summed E-state index contributed by atoms with van der Waals surface area (Å²) in [7, 11) is 0.952. The Balaban J connectivity index is 0.000000167. The van der Waals surface area contributed by atoms with Gasteiger partial charge in [-0.15, -0.1) is 11.3 Å². The lowest BCUT2D eigenvalue weighted by atomic mass is 9.79. The van der Waals surface area contributed by atoms with Crippen molar-refractivity contribution in [2.75, 3.05) is 0 Å². The molecular weight excluding hydrogens is 446 g/mol. The van der Waals surface area contributed by atoms with E-state index in [-0.39, 0.29) is 11.9 Å². The summed E-state index contributed by atoms with van der Waals surface area (Å²) in [5, 5.41) is 23.2. The molecule has 0 radical (unpaired) electrons. The van der Waals surface area contributed by atoms with Crippen LogP contribution in [-0.2, 0) is 18.1 Å². The Morgan fingerprint density at radius 2 is 2.21 bits per heavy atom. The molecule has 0 spiro atoms. The van der Waals surface area contributed by atoms with E-state index < -0.39 is 7.12 Å². The molecule has 3 heterocycles. The van der Waals surface area contributed by atoms with Crippen molar-refractivity contribution < 1.29 is 14.1 Å². The minimum atomic E-state index is -0.893. The van der Waals surface area contributed by atoms with Crippen molar-refractivity contribution in [3.05, 3.63) is 61.5 Å². The molecule has 0 saturated carbocycles. The Bertz CT molecular complexity index is 1050. The number of nitrogens with zero attached hydrogens (tertiary/aromatic N) is 4. The van der Waals surface area contributed by atoms with Crippen molar-refractivity contribution >= 4 is 39.8 Å². The van der Waals surface area contributed by atoms with Gasteiger partial charge in [-0.05, 0) is 59.0 Å². The lowest BCUT2D eigenvalue weighted by Gasteiger charge is -2.02. The molecule has 0 amide bonds. The van der Waals surface area contributed by atoms with Crippen LogP contribution in [-0.4, -0.2) is 26.9 Å². The predicted octanol–water partition coefficient (Wildman–Crippen LogP) is 3.01. The van der Waals surface area contributed by atoms with Crippen molar-refractivity contribution in [1.29, 1.82) is 5.26 Å². The molecule has 2 aromatic heterocycles. The summed E-state index contributed by atoms with van der Waals surface area (Å²) in [5.74, 6) is -0.293.